The first-order valence-corrected chi connectivity index (χ1v) is 11.9. The standard InChI is InChI=1S/C18H20FN3O5S2/c1-13(21-29(26,27)17-6-3-2-5-16(17)19)18(23)20-14-7-9-15(10-8-14)22-11-4-12-28(22,24)25/h2-3,5-10,13,21H,4,11-12H2,1H3,(H,20,23)/t13-/m0/s1. The van der Waals surface area contributed by atoms with E-state index in [-0.39, 0.29) is 5.75 Å². The molecular weight excluding hydrogens is 421 g/mol. The Morgan fingerprint density at radius 2 is 1.79 bits per heavy atom. The number of anilines is 2. The van der Waals surface area contributed by atoms with Gasteiger partial charge in [-0.15, -0.1) is 0 Å². The van der Waals surface area contributed by atoms with Crippen LogP contribution in [0.15, 0.2) is 53.4 Å². The van der Waals surface area contributed by atoms with E-state index in [9.17, 15) is 26.0 Å². The Kier molecular flexibility index (Phi) is 5.92. The molecule has 2 aromatic rings. The fourth-order valence-corrected chi connectivity index (χ4v) is 5.75. The van der Waals surface area contributed by atoms with Gasteiger partial charge in [-0.1, -0.05) is 12.1 Å². The van der Waals surface area contributed by atoms with Crippen molar-refractivity contribution >= 4 is 37.3 Å². The van der Waals surface area contributed by atoms with Crippen LogP contribution in [0.1, 0.15) is 13.3 Å². The van der Waals surface area contributed by atoms with Gasteiger partial charge < -0.3 is 5.32 Å². The second kappa shape index (κ2) is 8.09. The summed E-state index contributed by atoms with van der Waals surface area (Å²) in [5, 5.41) is 2.54. The molecule has 0 spiro atoms. The topological polar surface area (TPSA) is 113 Å². The van der Waals surface area contributed by atoms with Gasteiger partial charge in [0.05, 0.1) is 17.5 Å². The van der Waals surface area contributed by atoms with Crippen LogP contribution in [0.25, 0.3) is 0 Å². The molecule has 0 saturated carbocycles. The summed E-state index contributed by atoms with van der Waals surface area (Å²) < 4.78 is 65.6. The van der Waals surface area contributed by atoms with Gasteiger partial charge in [0.1, 0.15) is 10.7 Å². The number of carbonyl (C=O) groups is 1. The van der Waals surface area contributed by atoms with Crippen molar-refractivity contribution in [2.24, 2.45) is 0 Å². The van der Waals surface area contributed by atoms with Gasteiger partial charge in [0, 0.05) is 12.2 Å². The monoisotopic (exact) mass is 441 g/mol. The van der Waals surface area contributed by atoms with Gasteiger partial charge in [-0.3, -0.25) is 9.10 Å². The zero-order valence-corrected chi connectivity index (χ0v) is 17.1. The van der Waals surface area contributed by atoms with Gasteiger partial charge in [0.2, 0.25) is 26.0 Å². The molecule has 0 bridgehead atoms. The Morgan fingerprint density at radius 1 is 1.14 bits per heavy atom. The van der Waals surface area contributed by atoms with Crippen molar-refractivity contribution in [3.63, 3.8) is 0 Å². The van der Waals surface area contributed by atoms with Crippen LogP contribution >= 0.6 is 0 Å². The minimum absolute atomic E-state index is 0.102. The number of hydrogen-bond donors (Lipinski definition) is 2. The SMILES string of the molecule is C[C@H](NS(=O)(=O)c1ccccc1F)C(=O)Nc1ccc(N2CCCS2(=O)=O)cc1. The van der Waals surface area contributed by atoms with Gasteiger partial charge >= 0.3 is 0 Å². The zero-order valence-electron chi connectivity index (χ0n) is 15.5. The highest BCUT2D eigenvalue weighted by molar-refractivity contribution is 7.93. The number of hydrogen-bond acceptors (Lipinski definition) is 5. The first kappa shape index (κ1) is 21.2. The number of sulfonamides is 2. The van der Waals surface area contributed by atoms with Crippen molar-refractivity contribution in [1.82, 2.24) is 4.72 Å². The highest BCUT2D eigenvalue weighted by Gasteiger charge is 2.28. The molecule has 156 valence electrons. The zero-order chi connectivity index (χ0) is 21.2. The largest absolute Gasteiger partial charge is 0.325 e. The molecule has 8 nitrogen and oxygen atoms in total. The van der Waals surface area contributed by atoms with Gasteiger partial charge in [-0.25, -0.2) is 21.2 Å². The van der Waals surface area contributed by atoms with E-state index in [1.54, 1.807) is 12.1 Å². The number of carbonyl (C=O) groups excluding carboxylic acids is 1. The van der Waals surface area contributed by atoms with Crippen LogP contribution in [-0.4, -0.2) is 41.1 Å². The predicted octanol–water partition coefficient (Wildman–Crippen LogP) is 1.67. The lowest BCUT2D eigenvalue weighted by atomic mass is 10.2. The molecule has 1 atom stereocenters. The number of amides is 1. The quantitative estimate of drug-likeness (QED) is 0.708. The molecule has 1 aliphatic rings. The average Bonchev–Trinajstić information content (AvgIpc) is 3.01. The number of nitrogens with one attached hydrogen (secondary N) is 2. The lowest BCUT2D eigenvalue weighted by molar-refractivity contribution is -0.117. The Labute approximate surface area is 168 Å². The lowest BCUT2D eigenvalue weighted by Gasteiger charge is -2.18. The summed E-state index contributed by atoms with van der Waals surface area (Å²) in [5.74, 6) is -1.46. The summed E-state index contributed by atoms with van der Waals surface area (Å²) in [4.78, 5) is 11.8. The fourth-order valence-electron chi connectivity index (χ4n) is 2.90. The Bertz CT molecular complexity index is 1120. The third-order valence-corrected chi connectivity index (χ3v) is 7.82. The van der Waals surface area contributed by atoms with Crippen molar-refractivity contribution in [2.45, 2.75) is 24.3 Å². The molecular formula is C18H20FN3O5S2. The maximum atomic E-state index is 13.7. The summed E-state index contributed by atoms with van der Waals surface area (Å²) >= 11 is 0. The van der Waals surface area contributed by atoms with Gasteiger partial charge in [-0.2, -0.15) is 4.72 Å². The minimum Gasteiger partial charge on any atom is -0.325 e. The second-order valence-electron chi connectivity index (χ2n) is 6.55. The second-order valence-corrected chi connectivity index (χ2v) is 10.2. The molecule has 3 rings (SSSR count). The lowest BCUT2D eigenvalue weighted by Crippen LogP contribution is -2.41. The number of nitrogens with zero attached hydrogens (tertiary/aromatic N) is 1. The van der Waals surface area contributed by atoms with Crippen molar-refractivity contribution in [3.8, 4) is 0 Å². The van der Waals surface area contributed by atoms with Gasteiger partial charge in [-0.05, 0) is 49.7 Å². The first-order chi connectivity index (χ1) is 13.6. The Balaban J connectivity index is 1.66. The normalized spacial score (nSPS) is 17.1. The van der Waals surface area contributed by atoms with Crippen molar-refractivity contribution in [1.29, 1.82) is 0 Å². The summed E-state index contributed by atoms with van der Waals surface area (Å²) in [7, 11) is -7.52. The molecule has 2 N–H and O–H groups in total. The van der Waals surface area contributed by atoms with Crippen LogP contribution < -0.4 is 14.3 Å². The average molecular weight is 442 g/mol. The first-order valence-electron chi connectivity index (χ1n) is 8.78. The molecule has 1 heterocycles. The fraction of sp³-hybridized carbons (Fsp3) is 0.278. The molecule has 1 fully saturated rings. The Morgan fingerprint density at radius 3 is 2.38 bits per heavy atom. The van der Waals surface area contributed by atoms with E-state index < -0.39 is 42.7 Å². The summed E-state index contributed by atoms with van der Waals surface area (Å²) in [6.45, 7) is 1.74. The van der Waals surface area contributed by atoms with Gasteiger partial charge in [0.25, 0.3) is 0 Å². The number of halogens is 1. The maximum absolute atomic E-state index is 13.7. The van der Waals surface area contributed by atoms with Crippen LogP contribution in [0.2, 0.25) is 0 Å². The van der Waals surface area contributed by atoms with E-state index in [0.29, 0.717) is 24.3 Å². The number of benzene rings is 2. The molecule has 0 aromatic heterocycles. The highest BCUT2D eigenvalue weighted by Crippen LogP contribution is 2.25. The predicted molar refractivity (Wildman–Crippen MR) is 107 cm³/mol. The van der Waals surface area contributed by atoms with E-state index in [1.807, 2.05) is 0 Å². The third kappa shape index (κ3) is 4.74. The van der Waals surface area contributed by atoms with E-state index >= 15 is 0 Å². The van der Waals surface area contributed by atoms with Crippen molar-refractivity contribution in [2.75, 3.05) is 21.9 Å². The maximum Gasteiger partial charge on any atom is 0.244 e. The highest BCUT2D eigenvalue weighted by atomic mass is 32.2. The van der Waals surface area contributed by atoms with Gasteiger partial charge in [0.15, 0.2) is 0 Å². The smallest absolute Gasteiger partial charge is 0.244 e. The van der Waals surface area contributed by atoms with E-state index in [4.69, 9.17) is 0 Å². The van der Waals surface area contributed by atoms with Crippen LogP contribution in [0, 0.1) is 5.82 Å². The molecule has 0 radical (unpaired) electrons. The van der Waals surface area contributed by atoms with Crippen LogP contribution in [0.3, 0.4) is 0 Å². The van der Waals surface area contributed by atoms with Crippen molar-refractivity contribution in [3.05, 3.63) is 54.3 Å². The number of rotatable bonds is 6. The summed E-state index contributed by atoms with van der Waals surface area (Å²) in [5.41, 5.74) is 0.862. The molecule has 1 amide bonds. The van der Waals surface area contributed by atoms with E-state index in [1.165, 1.54) is 35.5 Å². The van der Waals surface area contributed by atoms with E-state index in [2.05, 4.69) is 10.0 Å². The van der Waals surface area contributed by atoms with Crippen LogP contribution in [0.4, 0.5) is 15.8 Å². The molecule has 1 saturated heterocycles. The molecule has 29 heavy (non-hydrogen) atoms. The molecule has 11 heteroatoms. The molecule has 0 unspecified atom stereocenters. The summed E-state index contributed by atoms with van der Waals surface area (Å²) in [6, 6.07) is 9.87. The Hall–Kier alpha value is -2.50. The van der Waals surface area contributed by atoms with Crippen molar-refractivity contribution < 1.29 is 26.0 Å². The molecule has 0 aliphatic carbocycles. The molecule has 2 aromatic carbocycles. The third-order valence-electron chi connectivity index (χ3n) is 4.37. The van der Waals surface area contributed by atoms with E-state index in [0.717, 1.165) is 12.1 Å². The summed E-state index contributed by atoms with van der Waals surface area (Å²) in [6.07, 6.45) is 0.556. The van der Waals surface area contributed by atoms with Crippen LogP contribution in [-0.2, 0) is 24.8 Å². The minimum atomic E-state index is -4.22. The van der Waals surface area contributed by atoms with Crippen LogP contribution in [0.5, 0.6) is 0 Å². The molecule has 1 aliphatic heterocycles.